The first-order valence-electron chi connectivity index (χ1n) is 13.9. The second-order valence-electron chi connectivity index (χ2n) is 10.0. The Morgan fingerprint density at radius 3 is 2.42 bits per heavy atom. The van der Waals surface area contributed by atoms with E-state index in [-0.39, 0.29) is 11.1 Å². The molecule has 2 aromatic heterocycles. The summed E-state index contributed by atoms with van der Waals surface area (Å²) in [6, 6.07) is 25.8. The first-order chi connectivity index (χ1) is 21.0. The van der Waals surface area contributed by atoms with E-state index in [1.54, 1.807) is 55.2 Å². The molecule has 0 atom stereocenters. The predicted molar refractivity (Wildman–Crippen MR) is 165 cm³/mol. The van der Waals surface area contributed by atoms with E-state index in [9.17, 15) is 9.59 Å². The van der Waals surface area contributed by atoms with Crippen molar-refractivity contribution in [1.82, 2.24) is 19.3 Å². The number of nitrogens with one attached hydrogen (secondary N) is 2. The Morgan fingerprint density at radius 2 is 1.65 bits per heavy atom. The number of rotatable bonds is 8. The number of morpholine rings is 1. The average molecular weight is 578 g/mol. The molecular weight excluding hydrogens is 546 g/mol. The molecule has 0 unspecified atom stereocenters. The molecular formula is C32H31N7O4. The Kier molecular flexibility index (Phi) is 7.88. The summed E-state index contributed by atoms with van der Waals surface area (Å²) in [6.45, 7) is 4.89. The van der Waals surface area contributed by atoms with Gasteiger partial charge in [0.15, 0.2) is 0 Å². The molecule has 2 N–H and O–H groups in total. The number of para-hydroxylation sites is 1. The summed E-state index contributed by atoms with van der Waals surface area (Å²) in [4.78, 5) is 37.4. The van der Waals surface area contributed by atoms with Gasteiger partial charge in [0.05, 0.1) is 24.6 Å². The highest BCUT2D eigenvalue weighted by Gasteiger charge is 2.22. The van der Waals surface area contributed by atoms with Gasteiger partial charge in [-0.05, 0) is 61.5 Å². The second-order valence-corrected chi connectivity index (χ2v) is 10.0. The van der Waals surface area contributed by atoms with Gasteiger partial charge in [0, 0.05) is 49.5 Å². The van der Waals surface area contributed by atoms with Crippen molar-refractivity contribution in [2.24, 2.45) is 7.05 Å². The van der Waals surface area contributed by atoms with Crippen LogP contribution in [-0.2, 0) is 11.8 Å². The van der Waals surface area contributed by atoms with Crippen LogP contribution in [0.15, 0.2) is 95.9 Å². The standard InChI is InChI=1S/C32H31N7O4/c1-22-29(31(41)39(37(22)2)25-8-4-3-5-9-25)30(40)34-23-11-13-27(14-12-23)43-28-15-16-33-32(36-28)35-24-7-6-10-26(21-24)38-17-19-42-20-18-38/h3-16,21H,17-20H2,1-2H3,(H,34,40)(H,33,35,36). The van der Waals surface area contributed by atoms with Crippen LogP contribution < -0.4 is 25.8 Å². The van der Waals surface area contributed by atoms with Crippen molar-refractivity contribution < 1.29 is 14.3 Å². The molecule has 0 bridgehead atoms. The maximum atomic E-state index is 13.2. The summed E-state index contributed by atoms with van der Waals surface area (Å²) < 4.78 is 14.6. The van der Waals surface area contributed by atoms with Gasteiger partial charge in [-0.1, -0.05) is 24.3 Å². The summed E-state index contributed by atoms with van der Waals surface area (Å²) in [5, 5.41) is 6.06. The number of carbonyl (C=O) groups is 1. The topological polar surface area (TPSA) is 116 Å². The Bertz CT molecular complexity index is 1790. The second kappa shape index (κ2) is 12.2. The zero-order chi connectivity index (χ0) is 29.8. The molecule has 11 heteroatoms. The number of carbonyl (C=O) groups excluding carboxylic acids is 1. The van der Waals surface area contributed by atoms with Crippen molar-refractivity contribution >= 4 is 28.9 Å². The lowest BCUT2D eigenvalue weighted by molar-refractivity contribution is 0.102. The summed E-state index contributed by atoms with van der Waals surface area (Å²) in [5.41, 5.74) is 3.45. The molecule has 11 nitrogen and oxygen atoms in total. The van der Waals surface area contributed by atoms with Gasteiger partial charge in [-0.25, -0.2) is 9.67 Å². The molecule has 0 saturated carbocycles. The molecule has 1 amide bonds. The van der Waals surface area contributed by atoms with E-state index in [0.29, 0.717) is 34.6 Å². The minimum atomic E-state index is -0.481. The van der Waals surface area contributed by atoms with E-state index in [4.69, 9.17) is 9.47 Å². The predicted octanol–water partition coefficient (Wildman–Crippen LogP) is 4.90. The highest BCUT2D eigenvalue weighted by molar-refractivity contribution is 6.05. The lowest BCUT2D eigenvalue weighted by Crippen LogP contribution is -2.36. The van der Waals surface area contributed by atoms with E-state index in [0.717, 1.165) is 37.7 Å². The van der Waals surface area contributed by atoms with E-state index in [1.807, 2.05) is 42.5 Å². The van der Waals surface area contributed by atoms with Crippen LogP contribution in [0.5, 0.6) is 11.6 Å². The zero-order valence-corrected chi connectivity index (χ0v) is 23.9. The molecule has 0 aliphatic carbocycles. The lowest BCUT2D eigenvalue weighted by Gasteiger charge is -2.29. The third-order valence-corrected chi connectivity index (χ3v) is 7.22. The van der Waals surface area contributed by atoms with Crippen LogP contribution in [0.4, 0.5) is 23.0 Å². The minimum absolute atomic E-state index is 0.0863. The van der Waals surface area contributed by atoms with Crippen molar-refractivity contribution in [2.75, 3.05) is 41.8 Å². The molecule has 218 valence electrons. The SMILES string of the molecule is Cc1c(C(=O)Nc2ccc(Oc3ccnc(Nc4cccc(N5CCOCC5)c4)n3)cc2)c(=O)n(-c2ccccc2)n1C. The smallest absolute Gasteiger partial charge is 0.284 e. The Morgan fingerprint density at radius 1 is 0.907 bits per heavy atom. The van der Waals surface area contributed by atoms with Gasteiger partial charge < -0.3 is 25.0 Å². The number of anilines is 4. The van der Waals surface area contributed by atoms with Gasteiger partial charge in [0.25, 0.3) is 11.5 Å². The van der Waals surface area contributed by atoms with Crippen molar-refractivity contribution in [3.63, 3.8) is 0 Å². The van der Waals surface area contributed by atoms with Gasteiger partial charge >= 0.3 is 0 Å². The first-order valence-corrected chi connectivity index (χ1v) is 13.9. The zero-order valence-electron chi connectivity index (χ0n) is 23.9. The maximum absolute atomic E-state index is 13.2. The summed E-state index contributed by atoms with van der Waals surface area (Å²) in [5.74, 6) is 0.810. The molecule has 3 heterocycles. The molecule has 0 spiro atoms. The summed E-state index contributed by atoms with van der Waals surface area (Å²) in [6.07, 6.45) is 1.62. The normalized spacial score (nSPS) is 13.0. The maximum Gasteiger partial charge on any atom is 0.284 e. The molecule has 3 aromatic carbocycles. The Hall–Kier alpha value is -5.42. The molecule has 1 saturated heterocycles. The fraction of sp³-hybridized carbons (Fsp3) is 0.188. The Balaban J connectivity index is 1.11. The van der Waals surface area contributed by atoms with Gasteiger partial charge in [-0.2, -0.15) is 4.98 Å². The fourth-order valence-corrected chi connectivity index (χ4v) is 4.94. The van der Waals surface area contributed by atoms with Crippen molar-refractivity contribution in [3.8, 4) is 17.3 Å². The third kappa shape index (κ3) is 6.11. The highest BCUT2D eigenvalue weighted by Crippen LogP contribution is 2.25. The third-order valence-electron chi connectivity index (χ3n) is 7.22. The molecule has 1 aliphatic heterocycles. The fourth-order valence-electron chi connectivity index (χ4n) is 4.94. The highest BCUT2D eigenvalue weighted by atomic mass is 16.5. The van der Waals surface area contributed by atoms with Gasteiger partial charge in [-0.15, -0.1) is 0 Å². The number of amides is 1. The number of ether oxygens (including phenoxy) is 2. The van der Waals surface area contributed by atoms with Gasteiger partial charge in [-0.3, -0.25) is 14.3 Å². The number of hydrogen-bond acceptors (Lipinski definition) is 8. The monoisotopic (exact) mass is 577 g/mol. The summed E-state index contributed by atoms with van der Waals surface area (Å²) >= 11 is 0. The van der Waals surface area contributed by atoms with Crippen LogP contribution in [0.2, 0.25) is 0 Å². The molecule has 1 fully saturated rings. The average Bonchev–Trinajstić information content (AvgIpc) is 3.26. The van der Waals surface area contributed by atoms with Crippen LogP contribution >= 0.6 is 0 Å². The van der Waals surface area contributed by atoms with E-state index in [1.165, 1.54) is 4.68 Å². The minimum Gasteiger partial charge on any atom is -0.439 e. The van der Waals surface area contributed by atoms with Crippen molar-refractivity contribution in [1.29, 1.82) is 0 Å². The van der Waals surface area contributed by atoms with Crippen LogP contribution in [-0.4, -0.2) is 51.5 Å². The number of benzene rings is 3. The first kappa shape index (κ1) is 27.7. The largest absolute Gasteiger partial charge is 0.439 e. The van der Waals surface area contributed by atoms with E-state index >= 15 is 0 Å². The summed E-state index contributed by atoms with van der Waals surface area (Å²) in [7, 11) is 1.75. The number of nitrogens with zero attached hydrogens (tertiary/aromatic N) is 5. The van der Waals surface area contributed by atoms with Crippen LogP contribution in [0.1, 0.15) is 16.1 Å². The van der Waals surface area contributed by atoms with Gasteiger partial charge in [0.1, 0.15) is 11.3 Å². The van der Waals surface area contributed by atoms with Crippen molar-refractivity contribution in [2.45, 2.75) is 6.92 Å². The van der Waals surface area contributed by atoms with Gasteiger partial charge in [0.2, 0.25) is 11.8 Å². The molecule has 6 rings (SSSR count). The quantitative estimate of drug-likeness (QED) is 0.268. The number of hydrogen-bond donors (Lipinski definition) is 2. The van der Waals surface area contributed by atoms with Crippen LogP contribution in [0, 0.1) is 6.92 Å². The van der Waals surface area contributed by atoms with Crippen LogP contribution in [0.25, 0.3) is 5.69 Å². The number of aromatic nitrogens is 4. The Labute approximate surface area is 248 Å². The lowest BCUT2D eigenvalue weighted by atomic mass is 10.2. The molecule has 5 aromatic rings. The molecule has 0 radical (unpaired) electrons. The van der Waals surface area contributed by atoms with Crippen molar-refractivity contribution in [3.05, 3.63) is 113 Å². The molecule has 43 heavy (non-hydrogen) atoms. The van der Waals surface area contributed by atoms with E-state index in [2.05, 4.69) is 37.6 Å². The molecule has 1 aliphatic rings. The van der Waals surface area contributed by atoms with E-state index < -0.39 is 5.91 Å². The van der Waals surface area contributed by atoms with Crippen LogP contribution in [0.3, 0.4) is 0 Å².